The van der Waals surface area contributed by atoms with Gasteiger partial charge in [-0.3, -0.25) is 4.79 Å². The number of carbonyl (C=O) groups is 1. The molecule has 1 atom stereocenters. The Hall–Kier alpha value is -2.20. The average Bonchev–Trinajstić information content (AvgIpc) is 3.26. The standard InChI is InChI=1S/C27H32ClNO3/c1-18-6-4-7-19(26(18)31-21-8-2-3-9-21)10-13-25(30)29-23-17-27(14-5-15-27)32-24-12-11-20(28)16-22(23)24/h4,6-7,11-12,16,21,23H,2-3,5,8-10,13-15,17H2,1H3,(H,29,30)/t23-/m1/s1. The summed E-state index contributed by atoms with van der Waals surface area (Å²) in [5.74, 6) is 1.89. The number of carbonyl (C=O) groups excluding carboxylic acids is 1. The van der Waals surface area contributed by atoms with E-state index in [1.54, 1.807) is 0 Å². The molecule has 2 saturated carbocycles. The van der Waals surface area contributed by atoms with Crippen LogP contribution < -0.4 is 14.8 Å². The van der Waals surface area contributed by atoms with Gasteiger partial charge in [0.1, 0.15) is 17.1 Å². The van der Waals surface area contributed by atoms with E-state index in [0.717, 1.165) is 60.3 Å². The number of ether oxygens (including phenoxy) is 2. The lowest BCUT2D eigenvalue weighted by Crippen LogP contribution is -2.49. The van der Waals surface area contributed by atoms with Crippen LogP contribution in [-0.2, 0) is 11.2 Å². The Labute approximate surface area is 195 Å². The summed E-state index contributed by atoms with van der Waals surface area (Å²) in [6.45, 7) is 2.09. The molecule has 1 heterocycles. The van der Waals surface area contributed by atoms with Crippen molar-refractivity contribution in [2.24, 2.45) is 0 Å². The zero-order chi connectivity index (χ0) is 22.1. The normalized spacial score (nSPS) is 21.5. The van der Waals surface area contributed by atoms with Crippen LogP contribution in [0.3, 0.4) is 0 Å². The molecular weight excluding hydrogens is 422 g/mol. The van der Waals surface area contributed by atoms with Crippen LogP contribution in [0.5, 0.6) is 11.5 Å². The van der Waals surface area contributed by atoms with Gasteiger partial charge in [-0.1, -0.05) is 29.8 Å². The molecule has 0 aromatic heterocycles. The summed E-state index contributed by atoms with van der Waals surface area (Å²) >= 11 is 6.26. The SMILES string of the molecule is Cc1cccc(CCC(=O)N[C@@H]2CC3(CCC3)Oc3ccc(Cl)cc32)c1OC1CCCC1. The number of halogens is 1. The fraction of sp³-hybridized carbons (Fsp3) is 0.519. The topological polar surface area (TPSA) is 47.6 Å². The van der Waals surface area contributed by atoms with E-state index >= 15 is 0 Å². The van der Waals surface area contributed by atoms with Crippen molar-refractivity contribution in [3.05, 3.63) is 58.1 Å². The lowest BCUT2D eigenvalue weighted by atomic mass is 9.73. The highest BCUT2D eigenvalue weighted by Crippen LogP contribution is 2.49. The van der Waals surface area contributed by atoms with E-state index in [9.17, 15) is 4.79 Å². The average molecular weight is 454 g/mol. The highest BCUT2D eigenvalue weighted by atomic mass is 35.5. The van der Waals surface area contributed by atoms with E-state index in [2.05, 4.69) is 30.4 Å². The van der Waals surface area contributed by atoms with Gasteiger partial charge in [0.2, 0.25) is 5.91 Å². The van der Waals surface area contributed by atoms with E-state index < -0.39 is 0 Å². The summed E-state index contributed by atoms with van der Waals surface area (Å²) in [5, 5.41) is 3.96. The third-order valence-corrected chi connectivity index (χ3v) is 7.59. The van der Waals surface area contributed by atoms with Gasteiger partial charge in [0.25, 0.3) is 0 Å². The number of aryl methyl sites for hydroxylation is 2. The van der Waals surface area contributed by atoms with E-state index in [0.29, 0.717) is 24.0 Å². The Bertz CT molecular complexity index is 994. The van der Waals surface area contributed by atoms with E-state index in [1.165, 1.54) is 19.3 Å². The number of amides is 1. The van der Waals surface area contributed by atoms with Crippen LogP contribution in [0.25, 0.3) is 0 Å². The smallest absolute Gasteiger partial charge is 0.220 e. The minimum atomic E-state index is -0.127. The minimum absolute atomic E-state index is 0.0584. The molecule has 0 bridgehead atoms. The highest BCUT2D eigenvalue weighted by Gasteiger charge is 2.46. The molecule has 1 aliphatic heterocycles. The Kier molecular flexibility index (Phi) is 6.07. The largest absolute Gasteiger partial charge is 0.490 e. The molecule has 2 fully saturated rings. The van der Waals surface area contributed by atoms with Crippen LogP contribution in [0.4, 0.5) is 0 Å². The van der Waals surface area contributed by atoms with E-state index in [4.69, 9.17) is 21.1 Å². The first kappa shape index (κ1) is 21.6. The number of fused-ring (bicyclic) bond motifs is 1. The summed E-state index contributed by atoms with van der Waals surface area (Å²) in [5.41, 5.74) is 3.13. The number of hydrogen-bond acceptors (Lipinski definition) is 3. The Morgan fingerprint density at radius 2 is 2.00 bits per heavy atom. The third kappa shape index (κ3) is 4.47. The molecule has 0 radical (unpaired) electrons. The maximum absolute atomic E-state index is 13.0. The summed E-state index contributed by atoms with van der Waals surface area (Å²) in [7, 11) is 0. The van der Waals surface area contributed by atoms with Gasteiger partial charge < -0.3 is 14.8 Å². The van der Waals surface area contributed by atoms with Crippen molar-refractivity contribution in [3.63, 3.8) is 0 Å². The van der Waals surface area contributed by atoms with Gasteiger partial charge >= 0.3 is 0 Å². The Morgan fingerprint density at radius 3 is 2.75 bits per heavy atom. The van der Waals surface area contributed by atoms with Gasteiger partial charge in [-0.2, -0.15) is 0 Å². The van der Waals surface area contributed by atoms with Crippen molar-refractivity contribution in [1.29, 1.82) is 0 Å². The molecule has 1 N–H and O–H groups in total. The Morgan fingerprint density at radius 1 is 1.19 bits per heavy atom. The molecule has 0 unspecified atom stereocenters. The van der Waals surface area contributed by atoms with E-state index in [1.807, 2.05) is 18.2 Å². The van der Waals surface area contributed by atoms with Gasteiger partial charge in [0.15, 0.2) is 0 Å². The van der Waals surface area contributed by atoms with E-state index in [-0.39, 0.29) is 17.6 Å². The van der Waals surface area contributed by atoms with Gasteiger partial charge in [-0.25, -0.2) is 0 Å². The van der Waals surface area contributed by atoms with Crippen LogP contribution in [0.1, 0.15) is 80.5 Å². The quantitative estimate of drug-likeness (QED) is 0.545. The van der Waals surface area contributed by atoms with Gasteiger partial charge in [-0.05, 0) is 87.6 Å². The summed E-state index contributed by atoms with van der Waals surface area (Å²) in [6.07, 6.45) is 10.2. The molecule has 2 aromatic carbocycles. The van der Waals surface area contributed by atoms with Gasteiger partial charge in [-0.15, -0.1) is 0 Å². The number of hydrogen-bond donors (Lipinski definition) is 1. The molecule has 2 aromatic rings. The lowest BCUT2D eigenvalue weighted by Gasteiger charge is -2.48. The van der Waals surface area contributed by atoms with Crippen molar-refractivity contribution in [2.75, 3.05) is 0 Å². The number of benzene rings is 2. The molecule has 4 nitrogen and oxygen atoms in total. The highest BCUT2D eigenvalue weighted by molar-refractivity contribution is 6.30. The molecule has 1 spiro atoms. The fourth-order valence-corrected chi connectivity index (χ4v) is 5.59. The van der Waals surface area contributed by atoms with Crippen LogP contribution in [-0.4, -0.2) is 17.6 Å². The molecule has 5 heteroatoms. The second kappa shape index (κ2) is 8.97. The first-order chi connectivity index (χ1) is 15.5. The van der Waals surface area contributed by atoms with Crippen LogP contribution in [0, 0.1) is 6.92 Å². The minimum Gasteiger partial charge on any atom is -0.490 e. The first-order valence-electron chi connectivity index (χ1n) is 12.0. The van der Waals surface area contributed by atoms with Crippen molar-refractivity contribution in [2.45, 2.75) is 88.9 Å². The maximum Gasteiger partial charge on any atom is 0.220 e. The summed E-state index contributed by atoms with van der Waals surface area (Å²) < 4.78 is 12.7. The number of para-hydroxylation sites is 1. The summed E-state index contributed by atoms with van der Waals surface area (Å²) in [4.78, 5) is 13.0. The molecule has 5 rings (SSSR count). The zero-order valence-corrected chi connectivity index (χ0v) is 19.5. The van der Waals surface area contributed by atoms with Crippen molar-refractivity contribution in [1.82, 2.24) is 5.32 Å². The molecule has 0 saturated heterocycles. The fourth-order valence-electron chi connectivity index (χ4n) is 5.41. The monoisotopic (exact) mass is 453 g/mol. The molecule has 1 amide bonds. The number of rotatable bonds is 6. The third-order valence-electron chi connectivity index (χ3n) is 7.35. The van der Waals surface area contributed by atoms with Crippen molar-refractivity contribution >= 4 is 17.5 Å². The molecule has 2 aliphatic carbocycles. The van der Waals surface area contributed by atoms with Crippen LogP contribution in [0.15, 0.2) is 36.4 Å². The zero-order valence-electron chi connectivity index (χ0n) is 18.8. The molecule has 170 valence electrons. The van der Waals surface area contributed by atoms with Gasteiger partial charge in [0, 0.05) is 23.4 Å². The van der Waals surface area contributed by atoms with Crippen molar-refractivity contribution < 1.29 is 14.3 Å². The maximum atomic E-state index is 13.0. The van der Waals surface area contributed by atoms with Crippen LogP contribution >= 0.6 is 11.6 Å². The second-order valence-electron chi connectivity index (χ2n) is 9.73. The lowest BCUT2D eigenvalue weighted by molar-refractivity contribution is -0.123. The van der Waals surface area contributed by atoms with Crippen LogP contribution in [0.2, 0.25) is 5.02 Å². The number of nitrogens with one attached hydrogen (secondary N) is 1. The molecule has 3 aliphatic rings. The second-order valence-corrected chi connectivity index (χ2v) is 10.2. The predicted molar refractivity (Wildman–Crippen MR) is 127 cm³/mol. The summed E-state index contributed by atoms with van der Waals surface area (Å²) in [6, 6.07) is 11.9. The molecule has 32 heavy (non-hydrogen) atoms. The predicted octanol–water partition coefficient (Wildman–Crippen LogP) is 6.47. The Balaban J connectivity index is 1.27. The first-order valence-corrected chi connectivity index (χ1v) is 12.4. The van der Waals surface area contributed by atoms with Gasteiger partial charge in [0.05, 0.1) is 12.1 Å². The molecular formula is C27H32ClNO3. The van der Waals surface area contributed by atoms with Crippen molar-refractivity contribution in [3.8, 4) is 11.5 Å².